The highest BCUT2D eigenvalue weighted by molar-refractivity contribution is 6.40. The summed E-state index contributed by atoms with van der Waals surface area (Å²) in [5, 5.41) is 15.7. The van der Waals surface area contributed by atoms with E-state index in [1.165, 1.54) is 7.11 Å². The molecule has 1 aliphatic carbocycles. The average Bonchev–Trinajstić information content (AvgIpc) is 3.08. The number of carbonyl (C=O) groups is 4. The van der Waals surface area contributed by atoms with Crippen LogP contribution in [0.2, 0.25) is 10.0 Å². The molecule has 198 valence electrons. The van der Waals surface area contributed by atoms with Gasteiger partial charge in [-0.25, -0.2) is 4.79 Å². The smallest absolute Gasteiger partial charge is 0.328 e. The van der Waals surface area contributed by atoms with E-state index in [4.69, 9.17) is 27.9 Å². The molecule has 3 atom stereocenters. The van der Waals surface area contributed by atoms with Crippen molar-refractivity contribution in [2.45, 2.75) is 46.1 Å². The number of benzene rings is 2. The number of esters is 1. The number of methoxy groups -OCH3 is 1. The van der Waals surface area contributed by atoms with Gasteiger partial charge in [0.25, 0.3) is 5.91 Å². The van der Waals surface area contributed by atoms with E-state index >= 15 is 0 Å². The van der Waals surface area contributed by atoms with Crippen LogP contribution >= 0.6 is 23.2 Å². The lowest BCUT2D eigenvalue weighted by molar-refractivity contribution is -0.156. The summed E-state index contributed by atoms with van der Waals surface area (Å²) in [7, 11) is 1.24. The van der Waals surface area contributed by atoms with Crippen LogP contribution in [-0.4, -0.2) is 42.0 Å². The molecule has 37 heavy (non-hydrogen) atoms. The summed E-state index contributed by atoms with van der Waals surface area (Å²) in [6.45, 7) is 5.20. The largest absolute Gasteiger partial charge is 0.481 e. The quantitative estimate of drug-likeness (QED) is 0.400. The maximum atomic E-state index is 13.2. The summed E-state index contributed by atoms with van der Waals surface area (Å²) in [4.78, 5) is 50.2. The number of amides is 2. The predicted octanol–water partition coefficient (Wildman–Crippen LogP) is 4.97. The predicted molar refractivity (Wildman–Crippen MR) is 141 cm³/mol. The van der Waals surface area contributed by atoms with Crippen molar-refractivity contribution in [2.24, 2.45) is 16.7 Å². The molecule has 0 radical (unpaired) electrons. The standard InChI is InChI=1S/C27H30Cl2N2O6/c1-26(2)17(12-13-27(26,3)25(35)36)22(32)31-20(24(34)37-4)14-15-8-10-16(11-9-15)30-23(33)21-18(28)6-5-7-19(21)29/h5-11,17,20H,12-14H2,1-4H3,(H,30,33)(H,31,32)(H,35,36)/t17-,20+,27+/m1/s1. The molecule has 2 aromatic carbocycles. The van der Waals surface area contributed by atoms with Gasteiger partial charge >= 0.3 is 11.9 Å². The lowest BCUT2D eigenvalue weighted by Gasteiger charge is -2.38. The molecule has 0 aliphatic heterocycles. The van der Waals surface area contributed by atoms with Gasteiger partial charge in [0.15, 0.2) is 0 Å². The fraction of sp³-hybridized carbons (Fsp3) is 0.407. The third-order valence-electron chi connectivity index (χ3n) is 7.66. The van der Waals surface area contributed by atoms with Gasteiger partial charge in [-0.3, -0.25) is 14.4 Å². The molecule has 1 fully saturated rings. The van der Waals surface area contributed by atoms with Crippen LogP contribution < -0.4 is 10.6 Å². The van der Waals surface area contributed by atoms with Crippen molar-refractivity contribution in [3.63, 3.8) is 0 Å². The van der Waals surface area contributed by atoms with Gasteiger partial charge in [-0.05, 0) is 55.0 Å². The van der Waals surface area contributed by atoms with Crippen LogP contribution in [0.5, 0.6) is 0 Å². The first-order valence-electron chi connectivity index (χ1n) is 11.8. The number of anilines is 1. The average molecular weight is 549 g/mol. The lowest BCUT2D eigenvalue weighted by atomic mass is 9.65. The second-order valence-electron chi connectivity index (χ2n) is 9.99. The number of carbonyl (C=O) groups excluding carboxylic acids is 3. The van der Waals surface area contributed by atoms with Crippen LogP contribution in [-0.2, 0) is 25.5 Å². The van der Waals surface area contributed by atoms with Crippen molar-refractivity contribution in [1.29, 1.82) is 0 Å². The van der Waals surface area contributed by atoms with Crippen LogP contribution in [0.25, 0.3) is 0 Å². The van der Waals surface area contributed by atoms with Gasteiger partial charge in [0.2, 0.25) is 5.91 Å². The maximum absolute atomic E-state index is 13.2. The molecular weight excluding hydrogens is 519 g/mol. The van der Waals surface area contributed by atoms with Crippen molar-refractivity contribution >= 4 is 52.6 Å². The van der Waals surface area contributed by atoms with Crippen LogP contribution in [0.4, 0.5) is 5.69 Å². The van der Waals surface area contributed by atoms with Crippen molar-refractivity contribution in [2.75, 3.05) is 12.4 Å². The summed E-state index contributed by atoms with van der Waals surface area (Å²) >= 11 is 12.2. The molecule has 0 unspecified atom stereocenters. The van der Waals surface area contributed by atoms with Crippen LogP contribution in [0.15, 0.2) is 42.5 Å². The lowest BCUT2D eigenvalue weighted by Crippen LogP contribution is -2.50. The minimum absolute atomic E-state index is 0.145. The molecule has 0 spiro atoms. The van der Waals surface area contributed by atoms with Gasteiger partial charge < -0.3 is 20.5 Å². The Balaban J connectivity index is 1.71. The molecule has 0 heterocycles. The SMILES string of the molecule is COC(=O)[C@H](Cc1ccc(NC(=O)c2c(Cl)cccc2Cl)cc1)NC(=O)[C@H]1CC[C@@](C)(C(=O)O)C1(C)C. The first-order valence-corrected chi connectivity index (χ1v) is 12.5. The normalized spacial score (nSPS) is 21.1. The Morgan fingerprint density at radius 1 is 1.05 bits per heavy atom. The fourth-order valence-corrected chi connectivity index (χ4v) is 5.39. The van der Waals surface area contributed by atoms with E-state index in [1.54, 1.807) is 63.2 Å². The Morgan fingerprint density at radius 3 is 2.16 bits per heavy atom. The van der Waals surface area contributed by atoms with Crippen molar-refractivity contribution in [3.8, 4) is 0 Å². The summed E-state index contributed by atoms with van der Waals surface area (Å²) in [6, 6.07) is 10.6. The molecule has 1 saturated carbocycles. The Bertz CT molecular complexity index is 1190. The van der Waals surface area contributed by atoms with E-state index in [0.717, 1.165) is 0 Å². The number of carboxylic acid groups (broad SMARTS) is 1. The third kappa shape index (κ3) is 5.75. The van der Waals surface area contributed by atoms with Crippen molar-refractivity contribution in [1.82, 2.24) is 5.32 Å². The number of halogens is 2. The van der Waals surface area contributed by atoms with E-state index in [9.17, 15) is 24.3 Å². The summed E-state index contributed by atoms with van der Waals surface area (Å²) in [6.07, 6.45) is 0.911. The Labute approximate surface area is 225 Å². The molecule has 2 aromatic rings. The van der Waals surface area contributed by atoms with Crippen LogP contribution in [0.3, 0.4) is 0 Å². The number of hydrogen-bond donors (Lipinski definition) is 3. The van der Waals surface area contributed by atoms with Gasteiger partial charge in [0, 0.05) is 18.0 Å². The molecule has 8 nitrogen and oxygen atoms in total. The molecule has 2 amide bonds. The number of carboxylic acids is 1. The molecule has 0 saturated heterocycles. The minimum Gasteiger partial charge on any atom is -0.481 e. The summed E-state index contributed by atoms with van der Waals surface area (Å²) in [5.41, 5.74) is -0.495. The molecule has 3 rings (SSSR count). The van der Waals surface area contributed by atoms with E-state index in [0.29, 0.717) is 24.1 Å². The molecule has 1 aliphatic rings. The molecule has 0 bridgehead atoms. The van der Waals surface area contributed by atoms with Crippen molar-refractivity contribution < 1.29 is 29.0 Å². The number of nitrogens with one attached hydrogen (secondary N) is 2. The molecular formula is C27H30Cl2N2O6. The van der Waals surface area contributed by atoms with Crippen LogP contribution in [0, 0.1) is 16.7 Å². The van der Waals surface area contributed by atoms with E-state index in [1.807, 2.05) is 0 Å². The zero-order chi connectivity index (χ0) is 27.5. The third-order valence-corrected chi connectivity index (χ3v) is 8.29. The van der Waals surface area contributed by atoms with E-state index in [2.05, 4.69) is 10.6 Å². The highest BCUT2D eigenvalue weighted by Gasteiger charge is 2.58. The first-order chi connectivity index (χ1) is 17.3. The number of ether oxygens (including phenoxy) is 1. The van der Waals surface area contributed by atoms with E-state index in [-0.39, 0.29) is 27.9 Å². The minimum atomic E-state index is -1.05. The number of hydrogen-bond acceptors (Lipinski definition) is 5. The zero-order valence-electron chi connectivity index (χ0n) is 21.1. The Morgan fingerprint density at radius 2 is 1.65 bits per heavy atom. The molecule has 0 aromatic heterocycles. The maximum Gasteiger partial charge on any atom is 0.328 e. The Hall–Kier alpha value is -3.10. The fourth-order valence-electron chi connectivity index (χ4n) is 4.82. The highest BCUT2D eigenvalue weighted by Crippen LogP contribution is 2.56. The summed E-state index contributed by atoms with van der Waals surface area (Å²) < 4.78 is 4.90. The van der Waals surface area contributed by atoms with Crippen molar-refractivity contribution in [3.05, 3.63) is 63.6 Å². The van der Waals surface area contributed by atoms with Gasteiger partial charge in [-0.2, -0.15) is 0 Å². The van der Waals surface area contributed by atoms with Crippen LogP contribution in [0.1, 0.15) is 49.5 Å². The second-order valence-corrected chi connectivity index (χ2v) is 10.8. The zero-order valence-corrected chi connectivity index (χ0v) is 22.6. The second kappa shape index (κ2) is 11.1. The first kappa shape index (κ1) is 28.5. The monoisotopic (exact) mass is 548 g/mol. The van der Waals surface area contributed by atoms with Gasteiger partial charge in [-0.1, -0.05) is 55.2 Å². The highest BCUT2D eigenvalue weighted by atomic mass is 35.5. The Kier molecular flexibility index (Phi) is 8.55. The van der Waals surface area contributed by atoms with E-state index < -0.39 is 40.6 Å². The number of rotatable bonds is 8. The summed E-state index contributed by atoms with van der Waals surface area (Å²) in [5.74, 6) is -2.98. The van der Waals surface area contributed by atoms with Gasteiger partial charge in [0.05, 0.1) is 28.1 Å². The number of aliphatic carboxylic acids is 1. The van der Waals surface area contributed by atoms with Gasteiger partial charge in [-0.15, -0.1) is 0 Å². The van der Waals surface area contributed by atoms with Gasteiger partial charge in [0.1, 0.15) is 6.04 Å². The molecule has 3 N–H and O–H groups in total. The topological polar surface area (TPSA) is 122 Å². The molecule has 10 heteroatoms.